The zero-order valence-corrected chi connectivity index (χ0v) is 24.1. The maximum absolute atomic E-state index is 12.4. The molecule has 0 bridgehead atoms. The van der Waals surface area contributed by atoms with Crippen molar-refractivity contribution in [3.63, 3.8) is 0 Å². The van der Waals surface area contributed by atoms with E-state index in [0.29, 0.717) is 36.8 Å². The molecule has 0 radical (unpaired) electrons. The first-order valence-electron chi connectivity index (χ1n) is 13.4. The minimum atomic E-state index is -1.45. The molecule has 218 valence electrons. The Morgan fingerprint density at radius 2 is 1.93 bits per heavy atom. The van der Waals surface area contributed by atoms with E-state index in [-0.39, 0.29) is 11.9 Å². The molecule has 1 aliphatic rings. The van der Waals surface area contributed by atoms with Crippen LogP contribution in [-0.2, 0) is 11.3 Å². The lowest BCUT2D eigenvalue weighted by Gasteiger charge is -2.26. The number of benzene rings is 3. The van der Waals surface area contributed by atoms with Crippen molar-refractivity contribution < 1.29 is 28.7 Å². The quantitative estimate of drug-likeness (QED) is 0.189. The Bertz CT molecular complexity index is 1650. The molecule has 2 amide bonds. The minimum absolute atomic E-state index is 0.155. The highest BCUT2D eigenvalue weighted by Crippen LogP contribution is 2.33. The highest BCUT2D eigenvalue weighted by molar-refractivity contribution is 6.30. The van der Waals surface area contributed by atoms with Crippen molar-refractivity contribution in [2.75, 3.05) is 6.54 Å². The van der Waals surface area contributed by atoms with Gasteiger partial charge in [0.15, 0.2) is 0 Å². The number of ether oxygens (including phenoxy) is 2. The highest BCUT2D eigenvalue weighted by Gasteiger charge is 2.35. The summed E-state index contributed by atoms with van der Waals surface area (Å²) in [5.74, 6) is 1.25. The van der Waals surface area contributed by atoms with E-state index in [1.54, 1.807) is 25.7 Å². The molecule has 1 atom stereocenters. The molecule has 0 unspecified atom stereocenters. The zero-order valence-electron chi connectivity index (χ0n) is 23.3. The monoisotopic (exact) mass is 591 g/mol. The maximum atomic E-state index is 12.4. The van der Waals surface area contributed by atoms with Crippen LogP contribution in [0, 0.1) is 0 Å². The number of nitrogens with one attached hydrogen (secondary N) is 1. The Morgan fingerprint density at radius 1 is 1.14 bits per heavy atom. The first-order chi connectivity index (χ1) is 20.0. The van der Waals surface area contributed by atoms with E-state index in [1.807, 2.05) is 60.7 Å². The molecular weight excluding hydrogens is 562 g/mol. The second-order valence-corrected chi connectivity index (χ2v) is 11.2. The Labute approximate surface area is 247 Å². The van der Waals surface area contributed by atoms with Crippen molar-refractivity contribution in [3.8, 4) is 17.1 Å². The fourth-order valence-corrected chi connectivity index (χ4v) is 4.87. The van der Waals surface area contributed by atoms with Crippen LogP contribution in [0.4, 0.5) is 9.59 Å². The molecule has 1 saturated heterocycles. The average molecular weight is 592 g/mol. The summed E-state index contributed by atoms with van der Waals surface area (Å²) >= 11 is 6.06. The summed E-state index contributed by atoms with van der Waals surface area (Å²) in [6.07, 6.45) is -0.957. The number of hydrogen-bond donors (Lipinski definition) is 2. The number of hydrogen-bond acceptors (Lipinski definition) is 7. The molecule has 1 fully saturated rings. The number of carboxylic acid groups (broad SMARTS) is 1. The normalized spacial score (nSPS) is 15.6. The van der Waals surface area contributed by atoms with Gasteiger partial charge in [0, 0.05) is 17.1 Å². The Hall–Kier alpha value is -4.64. The molecule has 0 aliphatic carbocycles. The first kappa shape index (κ1) is 28.9. The summed E-state index contributed by atoms with van der Waals surface area (Å²) in [6, 6.07) is 18.7. The number of rotatable bonds is 5. The summed E-state index contributed by atoms with van der Waals surface area (Å²) in [7, 11) is 0. The lowest BCUT2D eigenvalue weighted by Crippen LogP contribution is -2.46. The summed E-state index contributed by atoms with van der Waals surface area (Å²) in [5.41, 5.74) is 0.963. The van der Waals surface area contributed by atoms with E-state index in [4.69, 9.17) is 25.6 Å². The van der Waals surface area contributed by atoms with Gasteiger partial charge in [0.05, 0.1) is 0 Å². The molecule has 4 aromatic rings. The van der Waals surface area contributed by atoms with Crippen molar-refractivity contribution in [1.82, 2.24) is 20.4 Å². The van der Waals surface area contributed by atoms with E-state index in [9.17, 15) is 14.7 Å². The van der Waals surface area contributed by atoms with Gasteiger partial charge in [0.1, 0.15) is 24.0 Å². The van der Waals surface area contributed by atoms with E-state index >= 15 is 0 Å². The summed E-state index contributed by atoms with van der Waals surface area (Å²) in [6.45, 7) is 5.96. The second kappa shape index (κ2) is 12.1. The number of amides is 2. The zero-order chi connectivity index (χ0) is 29.9. The Balaban J connectivity index is 1.31. The number of likely N-dealkylation sites (tertiary alicyclic amines) is 1. The fraction of sp³-hybridized carbons (Fsp3) is 0.300. The van der Waals surface area contributed by atoms with Crippen LogP contribution in [0.2, 0.25) is 5.02 Å². The van der Waals surface area contributed by atoms with Crippen molar-refractivity contribution >= 4 is 40.5 Å². The van der Waals surface area contributed by atoms with Crippen LogP contribution in [0.1, 0.15) is 51.1 Å². The SMILES string of the molecule is CC(C)(C)OC(=O)N/C(=N/C(=O)O)N1CCC[C@H]1c1nc(-c2ccc3cc(OCc4cccc(Cl)c4)ccc3c2)no1. The predicted octanol–water partition coefficient (Wildman–Crippen LogP) is 6.82. The molecule has 2 N–H and O–H groups in total. The van der Waals surface area contributed by atoms with Crippen LogP contribution in [0.15, 0.2) is 70.2 Å². The minimum Gasteiger partial charge on any atom is -0.489 e. The molecule has 5 rings (SSSR count). The molecule has 2 heterocycles. The van der Waals surface area contributed by atoms with E-state index in [2.05, 4.69) is 20.4 Å². The van der Waals surface area contributed by atoms with Gasteiger partial charge in [-0.3, -0.25) is 5.32 Å². The van der Waals surface area contributed by atoms with Gasteiger partial charge in [-0.05, 0) is 80.3 Å². The van der Waals surface area contributed by atoms with E-state index < -0.39 is 23.8 Å². The largest absolute Gasteiger partial charge is 0.489 e. The van der Waals surface area contributed by atoms with Gasteiger partial charge in [-0.1, -0.05) is 47.1 Å². The molecule has 3 aromatic carbocycles. The van der Waals surface area contributed by atoms with Crippen LogP contribution in [0.25, 0.3) is 22.2 Å². The number of carbonyl (C=O) groups excluding carboxylic acids is 1. The van der Waals surface area contributed by atoms with Crippen LogP contribution in [0.3, 0.4) is 0 Å². The van der Waals surface area contributed by atoms with Crippen molar-refractivity contribution in [2.24, 2.45) is 4.99 Å². The summed E-state index contributed by atoms with van der Waals surface area (Å²) < 4.78 is 16.8. The maximum Gasteiger partial charge on any atom is 0.434 e. The smallest absolute Gasteiger partial charge is 0.434 e. The number of nitrogens with zero attached hydrogens (tertiary/aromatic N) is 4. The topological polar surface area (TPSA) is 139 Å². The number of aliphatic imine (C=N–C) groups is 1. The molecule has 0 spiro atoms. The molecule has 1 aromatic heterocycles. The average Bonchev–Trinajstić information content (AvgIpc) is 3.60. The third kappa shape index (κ3) is 7.16. The third-order valence-corrected chi connectivity index (χ3v) is 6.67. The van der Waals surface area contributed by atoms with Gasteiger partial charge in [0.25, 0.3) is 0 Å². The third-order valence-electron chi connectivity index (χ3n) is 6.43. The van der Waals surface area contributed by atoms with Gasteiger partial charge in [-0.2, -0.15) is 4.98 Å². The molecule has 0 saturated carbocycles. The second-order valence-electron chi connectivity index (χ2n) is 10.8. The number of carbonyl (C=O) groups is 2. The highest BCUT2D eigenvalue weighted by atomic mass is 35.5. The van der Waals surface area contributed by atoms with Crippen LogP contribution in [0.5, 0.6) is 5.75 Å². The van der Waals surface area contributed by atoms with Gasteiger partial charge in [0.2, 0.25) is 17.7 Å². The van der Waals surface area contributed by atoms with Gasteiger partial charge >= 0.3 is 12.2 Å². The van der Waals surface area contributed by atoms with Gasteiger partial charge < -0.3 is 24.0 Å². The number of alkyl carbamates (subject to hydrolysis) is 1. The summed E-state index contributed by atoms with van der Waals surface area (Å²) in [5, 5.41) is 18.6. The molecule has 11 nitrogen and oxygen atoms in total. The molecule has 42 heavy (non-hydrogen) atoms. The fourth-order valence-electron chi connectivity index (χ4n) is 4.66. The van der Waals surface area contributed by atoms with E-state index in [0.717, 1.165) is 27.6 Å². The Morgan fingerprint density at radius 3 is 2.69 bits per heavy atom. The number of fused-ring (bicyclic) bond motifs is 1. The van der Waals surface area contributed by atoms with Crippen LogP contribution in [-0.4, -0.2) is 50.4 Å². The molecule has 12 heteroatoms. The number of aromatic nitrogens is 2. The van der Waals surface area contributed by atoms with Crippen molar-refractivity contribution in [1.29, 1.82) is 0 Å². The lowest BCUT2D eigenvalue weighted by atomic mass is 10.1. The Kier molecular flexibility index (Phi) is 8.30. The van der Waals surface area contributed by atoms with Crippen molar-refractivity contribution in [3.05, 3.63) is 77.1 Å². The lowest BCUT2D eigenvalue weighted by molar-refractivity contribution is 0.0555. The van der Waals surface area contributed by atoms with E-state index in [1.165, 1.54) is 0 Å². The molecule has 1 aliphatic heterocycles. The predicted molar refractivity (Wildman–Crippen MR) is 157 cm³/mol. The first-order valence-corrected chi connectivity index (χ1v) is 13.8. The van der Waals surface area contributed by atoms with Crippen molar-refractivity contribution in [2.45, 2.75) is 51.9 Å². The molecular formula is C30H30ClN5O6. The standard InChI is InChI=1S/C30H30ClN5O6/c1-30(2,3)41-29(39)34-27(33-28(37)38)36-13-5-8-24(36)26-32-25(35-42-26)21-10-9-20-16-23(12-11-19(20)15-21)40-17-18-6-4-7-22(31)14-18/h4,6-7,9-12,14-16,24H,5,8,13,17H2,1-3H3,(H,37,38)(H,33,34,39)/t24-/m0/s1. The number of guanidine groups is 1. The number of halogens is 1. The summed E-state index contributed by atoms with van der Waals surface area (Å²) in [4.78, 5) is 33.6. The van der Waals surface area contributed by atoms with Gasteiger partial charge in [-0.15, -0.1) is 4.99 Å². The van der Waals surface area contributed by atoms with Gasteiger partial charge in [-0.25, -0.2) is 9.59 Å². The van der Waals surface area contributed by atoms with Crippen LogP contribution < -0.4 is 10.1 Å². The van der Waals surface area contributed by atoms with Crippen LogP contribution >= 0.6 is 11.6 Å².